The number of nitrogens with one attached hydrogen (secondary N) is 1. The average Bonchev–Trinajstić information content (AvgIpc) is 2.96. The molecule has 1 aliphatic carbocycles. The highest BCUT2D eigenvalue weighted by Gasteiger charge is 2.38. The van der Waals surface area contributed by atoms with Gasteiger partial charge in [0, 0.05) is 5.54 Å². The number of aromatic carboxylic acids is 1. The summed E-state index contributed by atoms with van der Waals surface area (Å²) in [5.41, 5.74) is 0.695. The third kappa shape index (κ3) is 2.84. The molecular weight excluding hydrogens is 218 g/mol. The second kappa shape index (κ2) is 4.20. The van der Waals surface area contributed by atoms with Crippen LogP contribution >= 0.6 is 0 Å². The molecule has 1 saturated carbocycles. The number of carbonyl (C=O) groups is 2. The summed E-state index contributed by atoms with van der Waals surface area (Å²) >= 11 is 0. The number of carbonyl (C=O) groups excluding carboxylic acids is 1. The van der Waals surface area contributed by atoms with Crippen LogP contribution in [0.25, 0.3) is 0 Å². The molecule has 0 heterocycles. The number of hydrogen-bond acceptors (Lipinski definition) is 2. The molecule has 1 amide bonds. The Bertz CT molecular complexity index is 463. The second-order valence-electron chi connectivity index (χ2n) is 4.75. The van der Waals surface area contributed by atoms with Crippen LogP contribution in [0, 0.1) is 0 Å². The molecule has 0 aromatic heterocycles. The van der Waals surface area contributed by atoms with E-state index in [0.29, 0.717) is 5.56 Å². The van der Waals surface area contributed by atoms with E-state index in [1.54, 1.807) is 18.2 Å². The lowest BCUT2D eigenvalue weighted by Gasteiger charge is -2.12. The molecule has 90 valence electrons. The zero-order valence-corrected chi connectivity index (χ0v) is 9.69. The molecule has 1 fully saturated rings. The SMILES string of the molecule is CC1(NC(=O)Cc2ccccc2C(=O)O)CC1. The van der Waals surface area contributed by atoms with E-state index in [1.165, 1.54) is 6.07 Å². The Hall–Kier alpha value is -1.84. The van der Waals surface area contributed by atoms with Crippen molar-refractivity contribution in [3.05, 3.63) is 35.4 Å². The smallest absolute Gasteiger partial charge is 0.335 e. The lowest BCUT2D eigenvalue weighted by molar-refractivity contribution is -0.121. The normalized spacial score (nSPS) is 16.3. The van der Waals surface area contributed by atoms with E-state index in [0.717, 1.165) is 12.8 Å². The number of benzene rings is 1. The molecule has 0 atom stereocenters. The molecule has 0 bridgehead atoms. The van der Waals surface area contributed by atoms with E-state index < -0.39 is 5.97 Å². The van der Waals surface area contributed by atoms with E-state index in [9.17, 15) is 9.59 Å². The lowest BCUT2D eigenvalue weighted by atomic mass is 10.0. The Morgan fingerprint density at radius 3 is 2.59 bits per heavy atom. The van der Waals surface area contributed by atoms with Crippen LogP contribution in [0.2, 0.25) is 0 Å². The minimum Gasteiger partial charge on any atom is -0.478 e. The summed E-state index contributed by atoms with van der Waals surface area (Å²) in [6, 6.07) is 6.60. The second-order valence-corrected chi connectivity index (χ2v) is 4.75. The van der Waals surface area contributed by atoms with Crippen LogP contribution in [-0.2, 0) is 11.2 Å². The Kier molecular flexibility index (Phi) is 2.88. The molecule has 0 saturated heterocycles. The number of hydrogen-bond donors (Lipinski definition) is 2. The lowest BCUT2D eigenvalue weighted by Crippen LogP contribution is -2.35. The number of amides is 1. The summed E-state index contributed by atoms with van der Waals surface area (Å²) in [7, 11) is 0. The van der Waals surface area contributed by atoms with E-state index in [-0.39, 0.29) is 23.4 Å². The van der Waals surface area contributed by atoms with Crippen molar-refractivity contribution in [1.82, 2.24) is 5.32 Å². The van der Waals surface area contributed by atoms with Gasteiger partial charge in [-0.25, -0.2) is 4.79 Å². The van der Waals surface area contributed by atoms with Gasteiger partial charge in [0.05, 0.1) is 12.0 Å². The van der Waals surface area contributed by atoms with Gasteiger partial charge in [0.2, 0.25) is 5.91 Å². The number of carboxylic acids is 1. The summed E-state index contributed by atoms with van der Waals surface area (Å²) in [6.07, 6.45) is 2.12. The Balaban J connectivity index is 2.07. The molecule has 0 radical (unpaired) electrons. The molecule has 1 aromatic carbocycles. The first kappa shape index (κ1) is 11.6. The first-order valence-corrected chi connectivity index (χ1v) is 5.62. The zero-order chi connectivity index (χ0) is 12.5. The Labute approximate surface area is 99.6 Å². The molecule has 2 N–H and O–H groups in total. The summed E-state index contributed by atoms with van der Waals surface area (Å²) < 4.78 is 0. The van der Waals surface area contributed by atoms with Crippen LogP contribution in [0.1, 0.15) is 35.7 Å². The standard InChI is InChI=1S/C13H15NO3/c1-13(6-7-13)14-11(15)8-9-4-2-3-5-10(9)12(16)17/h2-5H,6-8H2,1H3,(H,14,15)(H,16,17). The Morgan fingerprint density at radius 1 is 1.35 bits per heavy atom. The van der Waals surface area contributed by atoms with Gasteiger partial charge >= 0.3 is 5.97 Å². The molecule has 0 unspecified atom stereocenters. The van der Waals surface area contributed by atoms with Gasteiger partial charge in [0.1, 0.15) is 0 Å². The van der Waals surface area contributed by atoms with E-state index in [4.69, 9.17) is 5.11 Å². The number of carboxylic acid groups (broad SMARTS) is 1. The van der Waals surface area contributed by atoms with Gasteiger partial charge in [-0.15, -0.1) is 0 Å². The molecule has 17 heavy (non-hydrogen) atoms. The van der Waals surface area contributed by atoms with Gasteiger partial charge in [-0.3, -0.25) is 4.79 Å². The van der Waals surface area contributed by atoms with E-state index in [2.05, 4.69) is 5.32 Å². The van der Waals surface area contributed by atoms with Gasteiger partial charge in [-0.2, -0.15) is 0 Å². The van der Waals surface area contributed by atoms with Gasteiger partial charge in [-0.05, 0) is 31.4 Å². The van der Waals surface area contributed by atoms with Crippen molar-refractivity contribution in [3.8, 4) is 0 Å². The van der Waals surface area contributed by atoms with E-state index >= 15 is 0 Å². The molecule has 2 rings (SSSR count). The fourth-order valence-corrected chi connectivity index (χ4v) is 1.75. The molecule has 4 nitrogen and oxygen atoms in total. The number of rotatable bonds is 4. The maximum Gasteiger partial charge on any atom is 0.335 e. The fraction of sp³-hybridized carbons (Fsp3) is 0.385. The van der Waals surface area contributed by atoms with Crippen molar-refractivity contribution in [2.24, 2.45) is 0 Å². The van der Waals surface area contributed by atoms with Crippen molar-refractivity contribution in [3.63, 3.8) is 0 Å². The van der Waals surface area contributed by atoms with Crippen molar-refractivity contribution < 1.29 is 14.7 Å². The van der Waals surface area contributed by atoms with Crippen LogP contribution < -0.4 is 5.32 Å². The summed E-state index contributed by atoms with van der Waals surface area (Å²) in [5.74, 6) is -1.11. The van der Waals surface area contributed by atoms with Gasteiger partial charge in [0.25, 0.3) is 0 Å². The van der Waals surface area contributed by atoms with Gasteiger partial charge in [-0.1, -0.05) is 18.2 Å². The highest BCUT2D eigenvalue weighted by molar-refractivity contribution is 5.91. The van der Waals surface area contributed by atoms with Crippen LogP contribution in [0.4, 0.5) is 0 Å². The molecule has 1 aliphatic rings. The van der Waals surface area contributed by atoms with Crippen LogP contribution in [0.5, 0.6) is 0 Å². The van der Waals surface area contributed by atoms with Crippen molar-refractivity contribution >= 4 is 11.9 Å². The first-order valence-electron chi connectivity index (χ1n) is 5.62. The maximum atomic E-state index is 11.7. The van der Waals surface area contributed by atoms with Crippen LogP contribution in [0.15, 0.2) is 24.3 Å². The third-order valence-corrected chi connectivity index (χ3v) is 3.04. The molecule has 0 spiro atoms. The van der Waals surface area contributed by atoms with E-state index in [1.807, 2.05) is 6.92 Å². The molecule has 4 heteroatoms. The monoisotopic (exact) mass is 233 g/mol. The van der Waals surface area contributed by atoms with Crippen LogP contribution in [0.3, 0.4) is 0 Å². The predicted molar refractivity (Wildman–Crippen MR) is 62.9 cm³/mol. The van der Waals surface area contributed by atoms with Gasteiger partial charge in [0.15, 0.2) is 0 Å². The van der Waals surface area contributed by atoms with Gasteiger partial charge < -0.3 is 10.4 Å². The van der Waals surface area contributed by atoms with Crippen molar-refractivity contribution in [2.75, 3.05) is 0 Å². The highest BCUT2D eigenvalue weighted by Crippen LogP contribution is 2.34. The average molecular weight is 233 g/mol. The third-order valence-electron chi connectivity index (χ3n) is 3.04. The maximum absolute atomic E-state index is 11.7. The predicted octanol–water partition coefficient (Wildman–Crippen LogP) is 1.60. The highest BCUT2D eigenvalue weighted by atomic mass is 16.4. The summed E-state index contributed by atoms with van der Waals surface area (Å²) in [6.45, 7) is 1.99. The fourth-order valence-electron chi connectivity index (χ4n) is 1.75. The van der Waals surface area contributed by atoms with Crippen molar-refractivity contribution in [2.45, 2.75) is 31.7 Å². The first-order chi connectivity index (χ1) is 8.00. The minimum atomic E-state index is -0.994. The summed E-state index contributed by atoms with van der Waals surface area (Å²) in [5, 5.41) is 11.9. The summed E-state index contributed by atoms with van der Waals surface area (Å²) in [4.78, 5) is 22.7. The quantitative estimate of drug-likeness (QED) is 0.830. The largest absolute Gasteiger partial charge is 0.478 e. The minimum absolute atomic E-state index is 0.0603. The molecule has 1 aromatic rings. The van der Waals surface area contributed by atoms with Crippen LogP contribution in [-0.4, -0.2) is 22.5 Å². The van der Waals surface area contributed by atoms with Crippen molar-refractivity contribution in [1.29, 1.82) is 0 Å². The Morgan fingerprint density at radius 2 is 2.00 bits per heavy atom. The zero-order valence-electron chi connectivity index (χ0n) is 9.69. The molecular formula is C13H15NO3. The topological polar surface area (TPSA) is 66.4 Å². The molecule has 0 aliphatic heterocycles.